The van der Waals surface area contributed by atoms with Gasteiger partial charge in [-0.3, -0.25) is 9.59 Å². The van der Waals surface area contributed by atoms with Crippen molar-refractivity contribution < 1.29 is 14.3 Å². The van der Waals surface area contributed by atoms with E-state index < -0.39 is 17.9 Å². The molecule has 11 heavy (non-hydrogen) atoms. The lowest BCUT2D eigenvalue weighted by atomic mass is 10.3. The number of carbonyl (C=O) groups is 2. The highest BCUT2D eigenvalue weighted by molar-refractivity contribution is 5.80. The zero-order valence-corrected chi connectivity index (χ0v) is 6.37. The standard InChI is InChI=1S/C6H12N2O3/c1-2-4(6(8)10)11-3-5(7)9/h4H,2-3H2,1H3,(H2,7,9)(H2,8,10). The predicted octanol–water partition coefficient (Wildman–Crippen LogP) is -1.25. The summed E-state index contributed by atoms with van der Waals surface area (Å²) in [5.41, 5.74) is 9.70. The predicted molar refractivity (Wildman–Crippen MR) is 38.4 cm³/mol. The second-order valence-corrected chi connectivity index (χ2v) is 2.08. The first-order valence-corrected chi connectivity index (χ1v) is 3.27. The summed E-state index contributed by atoms with van der Waals surface area (Å²) >= 11 is 0. The van der Waals surface area contributed by atoms with Crippen LogP contribution in [0.25, 0.3) is 0 Å². The molecule has 1 unspecified atom stereocenters. The molecular formula is C6H12N2O3. The molecule has 0 radical (unpaired) electrons. The first kappa shape index (κ1) is 9.90. The molecule has 0 aliphatic rings. The van der Waals surface area contributed by atoms with Crippen LogP contribution in [0.1, 0.15) is 13.3 Å². The Labute approximate surface area is 64.7 Å². The van der Waals surface area contributed by atoms with Gasteiger partial charge in [0.1, 0.15) is 12.7 Å². The van der Waals surface area contributed by atoms with Gasteiger partial charge < -0.3 is 16.2 Å². The molecule has 0 aliphatic heterocycles. The molecule has 0 aromatic carbocycles. The molecule has 4 N–H and O–H groups in total. The summed E-state index contributed by atoms with van der Waals surface area (Å²) in [5.74, 6) is -1.18. The van der Waals surface area contributed by atoms with Gasteiger partial charge in [-0.25, -0.2) is 0 Å². The van der Waals surface area contributed by atoms with Crippen LogP contribution in [-0.2, 0) is 14.3 Å². The van der Waals surface area contributed by atoms with Crippen molar-refractivity contribution in [2.45, 2.75) is 19.4 Å². The largest absolute Gasteiger partial charge is 0.368 e. The molecule has 0 aromatic heterocycles. The summed E-state index contributed by atoms with van der Waals surface area (Å²) in [6.45, 7) is 1.47. The molecule has 0 aliphatic carbocycles. The Kier molecular flexibility index (Phi) is 4.21. The SMILES string of the molecule is CCC(OCC(N)=O)C(N)=O. The topological polar surface area (TPSA) is 95.4 Å². The molecule has 0 saturated heterocycles. The number of hydrogen-bond donors (Lipinski definition) is 2. The van der Waals surface area contributed by atoms with Gasteiger partial charge >= 0.3 is 0 Å². The Bertz CT molecular complexity index is 158. The van der Waals surface area contributed by atoms with E-state index in [1.54, 1.807) is 6.92 Å². The lowest BCUT2D eigenvalue weighted by molar-refractivity contribution is -0.134. The molecule has 64 valence electrons. The minimum atomic E-state index is -0.706. The first-order valence-electron chi connectivity index (χ1n) is 3.27. The molecule has 5 nitrogen and oxygen atoms in total. The van der Waals surface area contributed by atoms with Gasteiger partial charge in [-0.15, -0.1) is 0 Å². The third-order valence-corrected chi connectivity index (χ3v) is 1.11. The molecular weight excluding hydrogens is 148 g/mol. The van der Waals surface area contributed by atoms with Crippen molar-refractivity contribution in [2.75, 3.05) is 6.61 Å². The third-order valence-electron chi connectivity index (χ3n) is 1.11. The normalized spacial score (nSPS) is 12.5. The van der Waals surface area contributed by atoms with E-state index in [1.165, 1.54) is 0 Å². The van der Waals surface area contributed by atoms with Crippen molar-refractivity contribution in [1.29, 1.82) is 0 Å². The van der Waals surface area contributed by atoms with E-state index in [1.807, 2.05) is 0 Å². The summed E-state index contributed by atoms with van der Waals surface area (Å²) in [6.07, 6.45) is -0.259. The number of primary amides is 2. The number of hydrogen-bond acceptors (Lipinski definition) is 3. The van der Waals surface area contributed by atoms with Crippen LogP contribution >= 0.6 is 0 Å². The van der Waals surface area contributed by atoms with E-state index in [4.69, 9.17) is 16.2 Å². The van der Waals surface area contributed by atoms with Crippen LogP contribution in [0.3, 0.4) is 0 Å². The van der Waals surface area contributed by atoms with Crippen molar-refractivity contribution in [3.63, 3.8) is 0 Å². The maximum absolute atomic E-state index is 10.5. The molecule has 0 saturated carbocycles. The van der Waals surface area contributed by atoms with Crippen LogP contribution in [0, 0.1) is 0 Å². The van der Waals surface area contributed by atoms with Gasteiger partial charge in [0.15, 0.2) is 0 Å². The van der Waals surface area contributed by atoms with Gasteiger partial charge in [-0.1, -0.05) is 6.92 Å². The Morgan fingerprint density at radius 2 is 2.00 bits per heavy atom. The number of amides is 2. The van der Waals surface area contributed by atoms with Crippen molar-refractivity contribution in [3.05, 3.63) is 0 Å². The third kappa shape index (κ3) is 4.32. The van der Waals surface area contributed by atoms with Gasteiger partial charge in [-0.2, -0.15) is 0 Å². The summed E-state index contributed by atoms with van der Waals surface area (Å²) in [7, 11) is 0. The molecule has 0 aromatic rings. The second-order valence-electron chi connectivity index (χ2n) is 2.08. The molecule has 5 heteroatoms. The summed E-state index contributed by atoms with van der Waals surface area (Å²) in [4.78, 5) is 20.7. The monoisotopic (exact) mass is 160 g/mol. The summed E-state index contributed by atoms with van der Waals surface area (Å²) in [5, 5.41) is 0. The highest BCUT2D eigenvalue weighted by Crippen LogP contribution is 1.95. The molecule has 1 atom stereocenters. The first-order chi connectivity index (χ1) is 5.07. The van der Waals surface area contributed by atoms with Gasteiger partial charge in [0.25, 0.3) is 0 Å². The fraction of sp³-hybridized carbons (Fsp3) is 0.667. The molecule has 2 amide bonds. The fourth-order valence-electron chi connectivity index (χ4n) is 0.584. The number of ether oxygens (including phenoxy) is 1. The number of carbonyl (C=O) groups excluding carboxylic acids is 2. The highest BCUT2D eigenvalue weighted by atomic mass is 16.5. The fourth-order valence-corrected chi connectivity index (χ4v) is 0.584. The molecule has 0 rings (SSSR count). The second kappa shape index (κ2) is 4.68. The van der Waals surface area contributed by atoms with Crippen LogP contribution in [0.4, 0.5) is 0 Å². The van der Waals surface area contributed by atoms with Gasteiger partial charge in [0, 0.05) is 0 Å². The van der Waals surface area contributed by atoms with E-state index in [9.17, 15) is 9.59 Å². The maximum atomic E-state index is 10.5. The van der Waals surface area contributed by atoms with Crippen molar-refractivity contribution in [1.82, 2.24) is 0 Å². The Morgan fingerprint density at radius 1 is 1.45 bits per heavy atom. The van der Waals surface area contributed by atoms with Crippen molar-refractivity contribution in [2.24, 2.45) is 11.5 Å². The average molecular weight is 160 g/mol. The van der Waals surface area contributed by atoms with Crippen molar-refractivity contribution in [3.8, 4) is 0 Å². The Balaban J connectivity index is 3.70. The van der Waals surface area contributed by atoms with Crippen LogP contribution in [0.15, 0.2) is 0 Å². The minimum Gasteiger partial charge on any atom is -0.368 e. The van der Waals surface area contributed by atoms with Crippen molar-refractivity contribution >= 4 is 11.8 Å². The summed E-state index contributed by atoms with van der Waals surface area (Å²) in [6, 6.07) is 0. The lowest BCUT2D eigenvalue weighted by Crippen LogP contribution is -2.33. The Hall–Kier alpha value is -1.10. The van der Waals surface area contributed by atoms with Crippen LogP contribution in [-0.4, -0.2) is 24.5 Å². The van der Waals surface area contributed by atoms with Crippen LogP contribution < -0.4 is 11.5 Å². The quantitative estimate of drug-likeness (QED) is 0.526. The van der Waals surface area contributed by atoms with Gasteiger partial charge in [0.05, 0.1) is 0 Å². The van der Waals surface area contributed by atoms with E-state index in [0.29, 0.717) is 6.42 Å². The molecule has 0 fully saturated rings. The van der Waals surface area contributed by atoms with E-state index in [2.05, 4.69) is 0 Å². The molecule has 0 bridgehead atoms. The Morgan fingerprint density at radius 3 is 2.27 bits per heavy atom. The van der Waals surface area contributed by atoms with E-state index in [-0.39, 0.29) is 6.61 Å². The highest BCUT2D eigenvalue weighted by Gasteiger charge is 2.13. The van der Waals surface area contributed by atoms with Crippen LogP contribution in [0.5, 0.6) is 0 Å². The zero-order chi connectivity index (χ0) is 8.85. The van der Waals surface area contributed by atoms with Crippen LogP contribution in [0.2, 0.25) is 0 Å². The van der Waals surface area contributed by atoms with Gasteiger partial charge in [-0.05, 0) is 6.42 Å². The van der Waals surface area contributed by atoms with E-state index >= 15 is 0 Å². The summed E-state index contributed by atoms with van der Waals surface area (Å²) < 4.78 is 4.77. The lowest BCUT2D eigenvalue weighted by Gasteiger charge is -2.09. The number of rotatable bonds is 5. The molecule has 0 heterocycles. The number of nitrogens with two attached hydrogens (primary N) is 2. The van der Waals surface area contributed by atoms with Gasteiger partial charge in [0.2, 0.25) is 11.8 Å². The minimum absolute atomic E-state index is 0.262. The average Bonchev–Trinajstić information content (AvgIpc) is 1.87. The smallest absolute Gasteiger partial charge is 0.246 e. The van der Waals surface area contributed by atoms with E-state index in [0.717, 1.165) is 0 Å². The zero-order valence-electron chi connectivity index (χ0n) is 6.37. The maximum Gasteiger partial charge on any atom is 0.246 e. The molecule has 0 spiro atoms.